The number of thiol groups is 1. The van der Waals surface area contributed by atoms with Crippen molar-refractivity contribution < 1.29 is 29.2 Å². The Labute approximate surface area is 218 Å². The van der Waals surface area contributed by atoms with Crippen LogP contribution in [0, 0.1) is 5.82 Å². The van der Waals surface area contributed by atoms with Gasteiger partial charge in [-0.05, 0) is 37.3 Å². The van der Waals surface area contributed by atoms with Crippen molar-refractivity contribution in [1.82, 2.24) is 9.91 Å². The number of ether oxygens (including phenoxy) is 1. The number of hydrogen-bond acceptors (Lipinski definition) is 10. The molecule has 1 saturated heterocycles. The van der Waals surface area contributed by atoms with E-state index in [1.807, 2.05) is 11.8 Å². The Morgan fingerprint density at radius 1 is 1.19 bits per heavy atom. The van der Waals surface area contributed by atoms with E-state index in [9.17, 15) is 20.1 Å². The number of carbonyl (C=O) groups is 1. The van der Waals surface area contributed by atoms with Crippen LogP contribution in [-0.4, -0.2) is 82.0 Å². The van der Waals surface area contributed by atoms with Crippen molar-refractivity contribution in [2.45, 2.75) is 18.6 Å². The van der Waals surface area contributed by atoms with E-state index >= 15 is 4.39 Å². The highest BCUT2D eigenvalue weighted by atomic mass is 32.1. The summed E-state index contributed by atoms with van der Waals surface area (Å²) in [5, 5.41) is 35.9. The molecule has 0 amide bonds. The molecule has 1 fully saturated rings. The molecule has 0 aromatic heterocycles. The third kappa shape index (κ3) is 4.91. The van der Waals surface area contributed by atoms with Crippen molar-refractivity contribution in [3.8, 4) is 5.75 Å². The van der Waals surface area contributed by atoms with Crippen LogP contribution < -0.4 is 9.80 Å². The van der Waals surface area contributed by atoms with E-state index in [0.29, 0.717) is 62.2 Å². The molecule has 2 atom stereocenters. The van der Waals surface area contributed by atoms with Gasteiger partial charge in [0, 0.05) is 55.7 Å². The maximum Gasteiger partial charge on any atom is 0.336 e. The lowest BCUT2D eigenvalue weighted by Gasteiger charge is -2.38. The minimum atomic E-state index is -1.39. The summed E-state index contributed by atoms with van der Waals surface area (Å²) in [7, 11) is 0. The minimum absolute atomic E-state index is 0.124. The fourth-order valence-electron chi connectivity index (χ4n) is 4.74. The zero-order valence-electron chi connectivity index (χ0n) is 20.2. The summed E-state index contributed by atoms with van der Waals surface area (Å²) in [4.78, 5) is 17.3. The molecule has 196 valence electrons. The number of phenols is 1. The van der Waals surface area contributed by atoms with Crippen LogP contribution in [0.3, 0.4) is 0 Å². The lowest BCUT2D eigenvalue weighted by Crippen LogP contribution is -2.50. The number of fused-ring (bicyclic) bond motifs is 1. The largest absolute Gasteiger partial charge is 0.508 e. The number of carboxylic acid groups (broad SMARTS) is 1. The van der Waals surface area contributed by atoms with E-state index < -0.39 is 23.5 Å². The number of carboxylic acids is 1. The molecule has 3 heterocycles. The maximum atomic E-state index is 15.2. The summed E-state index contributed by atoms with van der Waals surface area (Å²) in [5.41, 5.74) is 1.17. The third-order valence-corrected chi connectivity index (χ3v) is 7.09. The SMILES string of the molecule is CCN1C=C(C(=O)O)C(O)c2cc(F)c(N3CCN(CN4N=C(c5cccc(O)c5)OC4S)CC3)cc21. The lowest BCUT2D eigenvalue weighted by molar-refractivity contribution is -0.133. The van der Waals surface area contributed by atoms with Gasteiger partial charge in [0.15, 0.2) is 0 Å². The van der Waals surface area contributed by atoms with Gasteiger partial charge in [0.25, 0.3) is 0 Å². The van der Waals surface area contributed by atoms with Gasteiger partial charge in [-0.1, -0.05) is 6.07 Å². The number of halogens is 1. The summed E-state index contributed by atoms with van der Waals surface area (Å²) in [6, 6.07) is 9.59. The number of phenolic OH excluding ortho intramolecular Hbond substituents is 1. The first kappa shape index (κ1) is 25.2. The van der Waals surface area contributed by atoms with Crippen molar-refractivity contribution in [3.05, 3.63) is 65.1 Å². The molecule has 0 saturated carbocycles. The summed E-state index contributed by atoms with van der Waals surface area (Å²) in [6.45, 7) is 5.23. The Bertz CT molecular complexity index is 1270. The number of aliphatic carboxylic acids is 1. The molecule has 2 aromatic rings. The van der Waals surface area contributed by atoms with Gasteiger partial charge in [-0.15, -0.1) is 17.7 Å². The fraction of sp³-hybridized carbons (Fsp3) is 0.360. The Morgan fingerprint density at radius 2 is 1.95 bits per heavy atom. The maximum absolute atomic E-state index is 15.2. The van der Waals surface area contributed by atoms with Gasteiger partial charge in [0.1, 0.15) is 17.7 Å². The van der Waals surface area contributed by atoms with Gasteiger partial charge >= 0.3 is 5.97 Å². The van der Waals surface area contributed by atoms with Crippen molar-refractivity contribution in [1.29, 1.82) is 0 Å². The Morgan fingerprint density at radius 3 is 2.62 bits per heavy atom. The topological polar surface area (TPSA) is 112 Å². The van der Waals surface area contributed by atoms with Crippen LogP contribution in [0.4, 0.5) is 15.8 Å². The molecule has 12 heteroatoms. The number of benzene rings is 2. The number of aliphatic hydroxyl groups is 1. The molecule has 2 aromatic carbocycles. The fourth-order valence-corrected chi connectivity index (χ4v) is 4.96. The van der Waals surface area contributed by atoms with Gasteiger partial charge in [0.2, 0.25) is 11.5 Å². The molecule has 3 aliphatic rings. The van der Waals surface area contributed by atoms with Gasteiger partial charge in [0.05, 0.1) is 17.9 Å². The second kappa shape index (κ2) is 10.1. The van der Waals surface area contributed by atoms with Gasteiger partial charge in [-0.25, -0.2) is 14.2 Å². The van der Waals surface area contributed by atoms with E-state index in [2.05, 4.69) is 22.6 Å². The van der Waals surface area contributed by atoms with Crippen LogP contribution in [0.2, 0.25) is 0 Å². The number of piperazine rings is 1. The molecule has 10 nitrogen and oxygen atoms in total. The second-order valence-electron chi connectivity index (χ2n) is 9.03. The highest BCUT2D eigenvalue weighted by Gasteiger charge is 2.33. The van der Waals surface area contributed by atoms with E-state index in [0.717, 1.165) is 0 Å². The number of rotatable bonds is 6. The van der Waals surface area contributed by atoms with Gasteiger partial charge < -0.3 is 29.9 Å². The first-order valence-electron chi connectivity index (χ1n) is 11.9. The normalized spacial score (nSPS) is 21.9. The van der Waals surface area contributed by atoms with Crippen molar-refractivity contribution in [2.75, 3.05) is 49.2 Å². The Kier molecular flexibility index (Phi) is 6.88. The Balaban J connectivity index is 1.26. The number of aromatic hydroxyl groups is 1. The summed E-state index contributed by atoms with van der Waals surface area (Å²) in [5.74, 6) is -1.23. The van der Waals surface area contributed by atoms with Gasteiger partial charge in [-0.2, -0.15) is 0 Å². The average Bonchev–Trinajstić information content (AvgIpc) is 3.24. The zero-order chi connectivity index (χ0) is 26.3. The van der Waals surface area contributed by atoms with Crippen LogP contribution in [0.5, 0.6) is 5.75 Å². The van der Waals surface area contributed by atoms with E-state index in [1.54, 1.807) is 40.2 Å². The van der Waals surface area contributed by atoms with Crippen molar-refractivity contribution in [2.24, 2.45) is 5.10 Å². The standard InChI is InChI=1S/C25H28FN5O5S/c1-2-29-13-18(24(34)35)22(33)17-11-19(26)21(12-20(17)29)30-8-6-28(7-9-30)14-31-25(37)36-23(27-31)15-4-3-5-16(32)10-15/h3-5,10-13,22,25,32-33,37H,2,6-9,14H2,1H3,(H,34,35). The number of anilines is 2. The van der Waals surface area contributed by atoms with Gasteiger partial charge in [-0.3, -0.25) is 4.90 Å². The second-order valence-corrected chi connectivity index (χ2v) is 9.47. The predicted molar refractivity (Wildman–Crippen MR) is 139 cm³/mol. The van der Waals surface area contributed by atoms with E-state index in [1.165, 1.54) is 12.3 Å². The molecule has 3 N–H and O–H groups in total. The number of hydrazone groups is 1. The molecule has 0 bridgehead atoms. The van der Waals surface area contributed by atoms with Crippen molar-refractivity contribution in [3.63, 3.8) is 0 Å². The molecular weight excluding hydrogens is 501 g/mol. The van der Waals surface area contributed by atoms with Crippen LogP contribution in [-0.2, 0) is 9.53 Å². The average molecular weight is 530 g/mol. The highest BCUT2D eigenvalue weighted by Crippen LogP contribution is 2.40. The lowest BCUT2D eigenvalue weighted by atomic mass is 9.95. The molecular formula is C25H28FN5O5S. The van der Waals surface area contributed by atoms with Crippen LogP contribution in [0.15, 0.2) is 53.3 Å². The third-order valence-electron chi connectivity index (χ3n) is 6.72. The first-order valence-corrected chi connectivity index (χ1v) is 12.5. The smallest absolute Gasteiger partial charge is 0.336 e. The molecule has 0 spiro atoms. The molecule has 37 heavy (non-hydrogen) atoms. The zero-order valence-corrected chi connectivity index (χ0v) is 21.1. The number of nitrogens with zero attached hydrogens (tertiary/aromatic N) is 5. The molecule has 0 radical (unpaired) electrons. The minimum Gasteiger partial charge on any atom is -0.508 e. The monoisotopic (exact) mass is 529 g/mol. The van der Waals surface area contributed by atoms with Crippen LogP contribution in [0.25, 0.3) is 0 Å². The molecule has 3 aliphatic heterocycles. The molecule has 5 rings (SSSR count). The molecule has 2 unspecified atom stereocenters. The quantitative estimate of drug-likeness (QED) is 0.419. The predicted octanol–water partition coefficient (Wildman–Crippen LogP) is 2.36. The first-order chi connectivity index (χ1) is 17.7. The highest BCUT2D eigenvalue weighted by molar-refractivity contribution is 7.80. The van der Waals surface area contributed by atoms with Crippen LogP contribution in [0.1, 0.15) is 24.2 Å². The van der Waals surface area contributed by atoms with E-state index in [-0.39, 0.29) is 16.9 Å². The Hall–Kier alpha value is -3.48. The summed E-state index contributed by atoms with van der Waals surface area (Å²) >= 11 is 4.47. The van der Waals surface area contributed by atoms with Crippen LogP contribution >= 0.6 is 12.6 Å². The number of aliphatic hydroxyl groups excluding tert-OH is 1. The van der Waals surface area contributed by atoms with E-state index in [4.69, 9.17) is 4.74 Å². The van der Waals surface area contributed by atoms with Crippen molar-refractivity contribution >= 4 is 35.9 Å². The molecule has 0 aliphatic carbocycles. The number of hydrogen-bond donors (Lipinski definition) is 4. The summed E-state index contributed by atoms with van der Waals surface area (Å²) < 4.78 is 20.9. The summed E-state index contributed by atoms with van der Waals surface area (Å²) in [6.07, 6.45) is 0.0184.